The first kappa shape index (κ1) is 21.1. The summed E-state index contributed by atoms with van der Waals surface area (Å²) in [5, 5.41) is 3.04. The first-order valence-corrected chi connectivity index (χ1v) is 10.2. The Labute approximate surface area is 172 Å². The van der Waals surface area contributed by atoms with Crippen molar-refractivity contribution >= 4 is 29.9 Å². The first-order chi connectivity index (χ1) is 13.1. The molecule has 1 aromatic carbocycles. The molecule has 2 bridgehead atoms. The average Bonchev–Trinajstić information content (AvgIpc) is 2.68. The third kappa shape index (κ3) is 4.50. The van der Waals surface area contributed by atoms with Crippen molar-refractivity contribution in [3.8, 4) is 0 Å². The van der Waals surface area contributed by atoms with E-state index in [-0.39, 0.29) is 36.2 Å². The fraction of sp³-hybridized carbons (Fsp3) is 0.619. The molecule has 28 heavy (non-hydrogen) atoms. The number of anilines is 1. The molecule has 3 aliphatic rings. The van der Waals surface area contributed by atoms with Gasteiger partial charge in [-0.3, -0.25) is 9.59 Å². The van der Waals surface area contributed by atoms with Gasteiger partial charge < -0.3 is 20.7 Å². The molecule has 0 spiro atoms. The summed E-state index contributed by atoms with van der Waals surface area (Å²) >= 11 is 0. The summed E-state index contributed by atoms with van der Waals surface area (Å²) in [5.74, 6) is 1.03. The fourth-order valence-corrected chi connectivity index (χ4v) is 4.93. The van der Waals surface area contributed by atoms with Gasteiger partial charge in [-0.2, -0.15) is 0 Å². The van der Waals surface area contributed by atoms with Crippen molar-refractivity contribution in [1.29, 1.82) is 0 Å². The number of morpholine rings is 1. The summed E-state index contributed by atoms with van der Waals surface area (Å²) in [6.07, 6.45) is 5.30. The smallest absolute Gasteiger partial charge is 0.254 e. The van der Waals surface area contributed by atoms with Gasteiger partial charge in [0.2, 0.25) is 5.91 Å². The third-order valence-electron chi connectivity index (χ3n) is 6.46. The fourth-order valence-electron chi connectivity index (χ4n) is 4.93. The van der Waals surface area contributed by atoms with Crippen molar-refractivity contribution in [3.63, 3.8) is 0 Å². The highest BCUT2D eigenvalue weighted by Gasteiger charge is 2.40. The van der Waals surface area contributed by atoms with Gasteiger partial charge in [-0.15, -0.1) is 12.4 Å². The van der Waals surface area contributed by atoms with E-state index in [9.17, 15) is 9.59 Å². The molecule has 1 heterocycles. The molecule has 7 heteroatoms. The molecule has 0 radical (unpaired) electrons. The van der Waals surface area contributed by atoms with E-state index in [1.54, 1.807) is 17.0 Å². The lowest BCUT2D eigenvalue weighted by molar-refractivity contribution is -0.122. The van der Waals surface area contributed by atoms with Crippen LogP contribution in [0.1, 0.15) is 42.5 Å². The second-order valence-electron chi connectivity index (χ2n) is 8.17. The van der Waals surface area contributed by atoms with Crippen molar-refractivity contribution in [3.05, 3.63) is 29.8 Å². The number of halogens is 1. The number of nitrogens with one attached hydrogen (secondary N) is 1. The monoisotopic (exact) mass is 407 g/mol. The highest BCUT2D eigenvalue weighted by Crippen LogP contribution is 2.42. The van der Waals surface area contributed by atoms with E-state index >= 15 is 0 Å². The Hall–Kier alpha value is -1.63. The van der Waals surface area contributed by atoms with Crippen LogP contribution in [0.4, 0.5) is 5.69 Å². The van der Waals surface area contributed by atoms with Crippen LogP contribution in [-0.4, -0.2) is 49.1 Å². The molecule has 3 N–H and O–H groups in total. The van der Waals surface area contributed by atoms with E-state index in [2.05, 4.69) is 5.32 Å². The largest absolute Gasteiger partial charge is 0.378 e. The van der Waals surface area contributed by atoms with Gasteiger partial charge in [0.05, 0.1) is 13.2 Å². The van der Waals surface area contributed by atoms with E-state index in [0.717, 1.165) is 25.7 Å². The van der Waals surface area contributed by atoms with Crippen molar-refractivity contribution in [2.75, 3.05) is 31.6 Å². The molecule has 154 valence electrons. The highest BCUT2D eigenvalue weighted by molar-refractivity contribution is 5.97. The second-order valence-corrected chi connectivity index (χ2v) is 8.17. The number of nitrogens with two attached hydrogens (primary N) is 1. The minimum Gasteiger partial charge on any atom is -0.378 e. The van der Waals surface area contributed by atoms with Crippen LogP contribution < -0.4 is 11.1 Å². The second kappa shape index (κ2) is 9.25. The summed E-state index contributed by atoms with van der Waals surface area (Å²) in [7, 11) is 0. The Bertz CT molecular complexity index is 694. The van der Waals surface area contributed by atoms with Gasteiger partial charge >= 0.3 is 0 Å². The number of ether oxygens (including phenoxy) is 1. The van der Waals surface area contributed by atoms with E-state index in [1.807, 2.05) is 12.1 Å². The van der Waals surface area contributed by atoms with Gasteiger partial charge in [-0.1, -0.05) is 12.5 Å². The standard InChI is InChI=1S/C21H29N3O3.ClH/c22-19-14-3-1-4-15(19)12-17(11-14)20(25)23-18-6-2-5-16(13-18)21(26)24-7-9-27-10-8-24;/h2,5-6,13-15,17,19H,1,3-4,7-12,22H2,(H,23,25);1H. The van der Waals surface area contributed by atoms with Crippen LogP contribution in [0.3, 0.4) is 0 Å². The molecular weight excluding hydrogens is 378 g/mol. The van der Waals surface area contributed by atoms with E-state index in [4.69, 9.17) is 10.5 Å². The SMILES string of the molecule is Cl.NC1C2CCCC1CC(C(=O)Nc1cccc(C(=O)N3CCOCC3)c1)C2. The number of amides is 2. The van der Waals surface area contributed by atoms with Gasteiger partial charge in [0, 0.05) is 36.3 Å². The molecule has 3 fully saturated rings. The maximum absolute atomic E-state index is 12.8. The third-order valence-corrected chi connectivity index (χ3v) is 6.46. The molecule has 1 aliphatic heterocycles. The number of carbonyl (C=O) groups is 2. The van der Waals surface area contributed by atoms with Gasteiger partial charge in [0.1, 0.15) is 0 Å². The zero-order valence-electron chi connectivity index (χ0n) is 16.1. The Balaban J connectivity index is 0.00000225. The number of hydrogen-bond acceptors (Lipinski definition) is 4. The Morgan fingerprint density at radius 1 is 1.11 bits per heavy atom. The van der Waals surface area contributed by atoms with Crippen molar-refractivity contribution in [1.82, 2.24) is 4.90 Å². The number of rotatable bonds is 3. The van der Waals surface area contributed by atoms with Gasteiger partial charge in [0.25, 0.3) is 5.91 Å². The number of carbonyl (C=O) groups excluding carboxylic acids is 2. The lowest BCUT2D eigenvalue weighted by Gasteiger charge is -2.43. The molecule has 2 aliphatic carbocycles. The minimum atomic E-state index is -0.00688. The topological polar surface area (TPSA) is 84.7 Å². The highest BCUT2D eigenvalue weighted by atomic mass is 35.5. The molecule has 0 aromatic heterocycles. The maximum Gasteiger partial charge on any atom is 0.254 e. The molecule has 2 unspecified atom stereocenters. The predicted octanol–water partition coefficient (Wildman–Crippen LogP) is 2.67. The van der Waals surface area contributed by atoms with Crippen LogP contribution in [0.5, 0.6) is 0 Å². The molecule has 1 aromatic rings. The number of hydrogen-bond donors (Lipinski definition) is 2. The van der Waals surface area contributed by atoms with E-state index in [1.165, 1.54) is 6.42 Å². The van der Waals surface area contributed by atoms with Crippen LogP contribution in [0.25, 0.3) is 0 Å². The molecule has 2 atom stereocenters. The Morgan fingerprint density at radius 3 is 2.46 bits per heavy atom. The van der Waals surface area contributed by atoms with Crippen LogP contribution in [0.2, 0.25) is 0 Å². The van der Waals surface area contributed by atoms with Crippen LogP contribution in [0, 0.1) is 17.8 Å². The summed E-state index contributed by atoms with van der Waals surface area (Å²) in [6, 6.07) is 7.53. The van der Waals surface area contributed by atoms with Gasteiger partial charge in [-0.05, 0) is 55.7 Å². The summed E-state index contributed by atoms with van der Waals surface area (Å²) in [6.45, 7) is 2.38. The summed E-state index contributed by atoms with van der Waals surface area (Å²) in [5.41, 5.74) is 7.64. The predicted molar refractivity (Wildman–Crippen MR) is 111 cm³/mol. The maximum atomic E-state index is 12.8. The van der Waals surface area contributed by atoms with E-state index < -0.39 is 0 Å². The number of fused-ring (bicyclic) bond motifs is 2. The normalized spacial score (nSPS) is 29.5. The van der Waals surface area contributed by atoms with Crippen molar-refractivity contribution in [2.45, 2.75) is 38.1 Å². The van der Waals surface area contributed by atoms with Crippen molar-refractivity contribution < 1.29 is 14.3 Å². The first-order valence-electron chi connectivity index (χ1n) is 10.2. The molecular formula is C21H30ClN3O3. The summed E-state index contributed by atoms with van der Waals surface area (Å²) < 4.78 is 5.31. The number of benzene rings is 1. The van der Waals surface area contributed by atoms with Crippen LogP contribution >= 0.6 is 12.4 Å². The average molecular weight is 408 g/mol. The molecule has 1 saturated heterocycles. The lowest BCUT2D eigenvalue weighted by atomic mass is 9.65. The quantitative estimate of drug-likeness (QED) is 0.806. The zero-order valence-corrected chi connectivity index (χ0v) is 17.0. The molecule has 2 amide bonds. The Kier molecular flexibility index (Phi) is 6.96. The minimum absolute atomic E-state index is 0. The van der Waals surface area contributed by atoms with Crippen LogP contribution in [-0.2, 0) is 9.53 Å². The summed E-state index contributed by atoms with van der Waals surface area (Å²) in [4.78, 5) is 27.3. The zero-order chi connectivity index (χ0) is 18.8. The van der Waals surface area contributed by atoms with Crippen LogP contribution in [0.15, 0.2) is 24.3 Å². The number of nitrogens with zero attached hydrogens (tertiary/aromatic N) is 1. The van der Waals surface area contributed by atoms with E-state index in [0.29, 0.717) is 49.4 Å². The molecule has 2 saturated carbocycles. The molecule has 4 rings (SSSR count). The Morgan fingerprint density at radius 2 is 1.79 bits per heavy atom. The van der Waals surface area contributed by atoms with Gasteiger partial charge in [0.15, 0.2) is 0 Å². The lowest BCUT2D eigenvalue weighted by Crippen LogP contribution is -2.48. The van der Waals surface area contributed by atoms with Crippen molar-refractivity contribution in [2.24, 2.45) is 23.5 Å². The van der Waals surface area contributed by atoms with Gasteiger partial charge in [-0.25, -0.2) is 0 Å². The molecule has 6 nitrogen and oxygen atoms in total.